The van der Waals surface area contributed by atoms with Crippen molar-refractivity contribution in [2.45, 2.75) is 134 Å². The van der Waals surface area contributed by atoms with E-state index in [1.54, 1.807) is 12.1 Å². The molecule has 0 saturated heterocycles. The van der Waals surface area contributed by atoms with Crippen molar-refractivity contribution in [2.75, 3.05) is 0 Å². The molecule has 1 aromatic carbocycles. The SMILES string of the molecule is CCCCCCCCCCCCCCCCCCCCc1cccc(S(=O)(=O)O)c1. The highest BCUT2D eigenvalue weighted by molar-refractivity contribution is 7.85. The van der Waals surface area contributed by atoms with Gasteiger partial charge in [0.1, 0.15) is 0 Å². The summed E-state index contributed by atoms with van der Waals surface area (Å²) < 4.78 is 31.5. The minimum atomic E-state index is -4.09. The number of hydrogen-bond acceptors (Lipinski definition) is 2. The molecule has 1 rings (SSSR count). The van der Waals surface area contributed by atoms with Crippen LogP contribution >= 0.6 is 0 Å². The van der Waals surface area contributed by atoms with Gasteiger partial charge in [0.15, 0.2) is 0 Å². The Morgan fingerprint density at radius 2 is 1.03 bits per heavy atom. The molecule has 0 bridgehead atoms. The van der Waals surface area contributed by atoms with Gasteiger partial charge in [0.25, 0.3) is 10.1 Å². The predicted octanol–water partition coefficient (Wildman–Crippen LogP) is 8.52. The molecule has 0 heterocycles. The molecule has 0 aliphatic heterocycles. The molecule has 0 saturated carbocycles. The van der Waals surface area contributed by atoms with E-state index in [-0.39, 0.29) is 4.90 Å². The van der Waals surface area contributed by atoms with Crippen molar-refractivity contribution in [2.24, 2.45) is 0 Å². The molecule has 0 aliphatic rings. The molecule has 1 aromatic rings. The first-order valence-corrected chi connectivity index (χ1v) is 14.0. The summed E-state index contributed by atoms with van der Waals surface area (Å²) >= 11 is 0. The topological polar surface area (TPSA) is 54.4 Å². The molecule has 0 radical (unpaired) electrons. The zero-order chi connectivity index (χ0) is 21.9. The third kappa shape index (κ3) is 15.0. The first-order chi connectivity index (χ1) is 14.5. The normalized spacial score (nSPS) is 11.8. The zero-order valence-corrected chi connectivity index (χ0v) is 20.2. The highest BCUT2D eigenvalue weighted by atomic mass is 32.2. The summed E-state index contributed by atoms with van der Waals surface area (Å²) in [5.41, 5.74) is 0.988. The Kier molecular flexibility index (Phi) is 16.1. The molecule has 0 unspecified atom stereocenters. The van der Waals surface area contributed by atoms with E-state index >= 15 is 0 Å². The molecule has 0 amide bonds. The minimum Gasteiger partial charge on any atom is -0.282 e. The van der Waals surface area contributed by atoms with Crippen LogP contribution in [-0.2, 0) is 16.5 Å². The van der Waals surface area contributed by atoms with Gasteiger partial charge in [-0.05, 0) is 30.5 Å². The molecule has 30 heavy (non-hydrogen) atoms. The zero-order valence-electron chi connectivity index (χ0n) is 19.4. The van der Waals surface area contributed by atoms with Gasteiger partial charge in [0, 0.05) is 0 Å². The van der Waals surface area contributed by atoms with E-state index in [0.717, 1.165) is 18.4 Å². The van der Waals surface area contributed by atoms with E-state index in [1.165, 1.54) is 115 Å². The van der Waals surface area contributed by atoms with E-state index in [0.29, 0.717) is 0 Å². The first kappa shape index (κ1) is 27.2. The first-order valence-electron chi connectivity index (χ1n) is 12.6. The maximum absolute atomic E-state index is 11.2. The molecule has 0 spiro atoms. The van der Waals surface area contributed by atoms with Gasteiger partial charge in [-0.1, -0.05) is 128 Å². The van der Waals surface area contributed by atoms with Crippen LogP contribution in [0.4, 0.5) is 0 Å². The summed E-state index contributed by atoms with van der Waals surface area (Å²) in [7, 11) is -4.09. The van der Waals surface area contributed by atoms with Gasteiger partial charge in [-0.2, -0.15) is 8.42 Å². The second-order valence-electron chi connectivity index (χ2n) is 8.88. The molecular weight excluding hydrogens is 392 g/mol. The van der Waals surface area contributed by atoms with Crippen LogP contribution < -0.4 is 0 Å². The largest absolute Gasteiger partial charge is 0.294 e. The fraction of sp³-hybridized carbons (Fsp3) is 0.769. The van der Waals surface area contributed by atoms with Crippen LogP contribution in [0.5, 0.6) is 0 Å². The highest BCUT2D eigenvalue weighted by Gasteiger charge is 2.09. The number of hydrogen-bond donors (Lipinski definition) is 1. The van der Waals surface area contributed by atoms with Crippen LogP contribution in [0.2, 0.25) is 0 Å². The maximum Gasteiger partial charge on any atom is 0.294 e. The molecule has 0 aromatic heterocycles. The number of benzene rings is 1. The van der Waals surface area contributed by atoms with Crippen molar-refractivity contribution < 1.29 is 13.0 Å². The Balaban J connectivity index is 1.84. The molecule has 1 N–H and O–H groups in total. The van der Waals surface area contributed by atoms with Gasteiger partial charge in [-0.25, -0.2) is 0 Å². The van der Waals surface area contributed by atoms with Gasteiger partial charge in [-0.3, -0.25) is 4.55 Å². The van der Waals surface area contributed by atoms with Crippen LogP contribution in [0.1, 0.15) is 128 Å². The smallest absolute Gasteiger partial charge is 0.282 e. The van der Waals surface area contributed by atoms with Gasteiger partial charge in [0.05, 0.1) is 4.90 Å². The third-order valence-corrected chi connectivity index (χ3v) is 6.86. The van der Waals surface area contributed by atoms with Crippen LogP contribution in [0.15, 0.2) is 29.2 Å². The van der Waals surface area contributed by atoms with E-state index in [4.69, 9.17) is 4.55 Å². The maximum atomic E-state index is 11.2. The lowest BCUT2D eigenvalue weighted by Crippen LogP contribution is -1.98. The van der Waals surface area contributed by atoms with Crippen LogP contribution in [-0.4, -0.2) is 13.0 Å². The lowest BCUT2D eigenvalue weighted by Gasteiger charge is -2.05. The number of aryl methyl sites for hydroxylation is 1. The highest BCUT2D eigenvalue weighted by Crippen LogP contribution is 2.16. The fourth-order valence-electron chi connectivity index (χ4n) is 4.09. The second-order valence-corrected chi connectivity index (χ2v) is 10.3. The molecule has 0 fully saturated rings. The van der Waals surface area contributed by atoms with Crippen LogP contribution in [0, 0.1) is 0 Å². The Hall–Kier alpha value is -0.870. The molecule has 0 atom stereocenters. The van der Waals surface area contributed by atoms with E-state index in [1.807, 2.05) is 6.07 Å². The van der Waals surface area contributed by atoms with Crippen molar-refractivity contribution >= 4 is 10.1 Å². The Bertz CT molecular complexity index is 625. The van der Waals surface area contributed by atoms with E-state index in [2.05, 4.69) is 6.92 Å². The van der Waals surface area contributed by atoms with Gasteiger partial charge < -0.3 is 0 Å². The van der Waals surface area contributed by atoms with Gasteiger partial charge in [0.2, 0.25) is 0 Å². The van der Waals surface area contributed by atoms with Crippen LogP contribution in [0.3, 0.4) is 0 Å². The van der Waals surface area contributed by atoms with Crippen molar-refractivity contribution in [3.8, 4) is 0 Å². The van der Waals surface area contributed by atoms with Gasteiger partial charge in [-0.15, -0.1) is 0 Å². The second kappa shape index (κ2) is 17.8. The monoisotopic (exact) mass is 438 g/mol. The molecule has 4 heteroatoms. The number of rotatable bonds is 20. The predicted molar refractivity (Wildman–Crippen MR) is 129 cm³/mol. The lowest BCUT2D eigenvalue weighted by molar-refractivity contribution is 0.483. The van der Waals surface area contributed by atoms with Crippen molar-refractivity contribution in [1.82, 2.24) is 0 Å². The Morgan fingerprint density at radius 1 is 0.633 bits per heavy atom. The molecule has 0 aliphatic carbocycles. The summed E-state index contributed by atoms with van der Waals surface area (Å²) in [6.45, 7) is 2.28. The lowest BCUT2D eigenvalue weighted by atomic mass is 10.0. The Morgan fingerprint density at radius 3 is 1.43 bits per heavy atom. The summed E-state index contributed by atoms with van der Waals surface area (Å²) in [6.07, 6.45) is 25.4. The summed E-state index contributed by atoms with van der Waals surface area (Å²) in [6, 6.07) is 6.66. The molecular formula is C26H46O3S. The minimum absolute atomic E-state index is 0.00223. The third-order valence-electron chi connectivity index (χ3n) is 6.02. The quantitative estimate of drug-likeness (QED) is 0.164. The molecule has 174 valence electrons. The summed E-state index contributed by atoms with van der Waals surface area (Å²) in [5.74, 6) is 0. The average Bonchev–Trinajstić information content (AvgIpc) is 2.72. The molecule has 3 nitrogen and oxygen atoms in total. The standard InChI is InChI=1S/C26H46O3S/c1-2-3-4-5-6-7-8-9-10-11-12-13-14-15-16-17-18-19-21-25-22-20-23-26(24-25)30(27,28)29/h20,22-24H,2-19,21H2,1H3,(H,27,28,29). The number of unbranched alkanes of at least 4 members (excludes halogenated alkanes) is 17. The Labute approximate surface area is 186 Å². The van der Waals surface area contributed by atoms with Crippen molar-refractivity contribution in [1.29, 1.82) is 0 Å². The van der Waals surface area contributed by atoms with E-state index < -0.39 is 10.1 Å². The fourth-order valence-corrected chi connectivity index (χ4v) is 4.64. The van der Waals surface area contributed by atoms with Crippen molar-refractivity contribution in [3.63, 3.8) is 0 Å². The van der Waals surface area contributed by atoms with Crippen molar-refractivity contribution in [3.05, 3.63) is 29.8 Å². The average molecular weight is 439 g/mol. The van der Waals surface area contributed by atoms with Crippen LogP contribution in [0.25, 0.3) is 0 Å². The summed E-state index contributed by atoms with van der Waals surface area (Å²) in [5, 5.41) is 0. The van der Waals surface area contributed by atoms with Gasteiger partial charge >= 0.3 is 0 Å². The van der Waals surface area contributed by atoms with E-state index in [9.17, 15) is 8.42 Å². The summed E-state index contributed by atoms with van der Waals surface area (Å²) in [4.78, 5) is 0.00223.